The van der Waals surface area contributed by atoms with E-state index in [-0.39, 0.29) is 11.2 Å². The van der Waals surface area contributed by atoms with Crippen molar-refractivity contribution in [1.82, 2.24) is 5.32 Å². The summed E-state index contributed by atoms with van der Waals surface area (Å²) in [6.45, 7) is 19.2. The molecule has 2 atom stereocenters. The van der Waals surface area contributed by atoms with Crippen LogP contribution >= 0.6 is 11.8 Å². The number of rotatable bonds is 6. The molecule has 0 aromatic heterocycles. The summed E-state index contributed by atoms with van der Waals surface area (Å²) in [6.07, 6.45) is 2.33. The molecule has 2 nitrogen and oxygen atoms in total. The molecule has 1 N–H and O–H groups in total. The lowest BCUT2D eigenvalue weighted by atomic mass is 9.82. The zero-order chi connectivity index (χ0) is 15.6. The van der Waals surface area contributed by atoms with E-state index in [0.717, 1.165) is 18.7 Å². The van der Waals surface area contributed by atoms with Crippen LogP contribution in [0.2, 0.25) is 0 Å². The van der Waals surface area contributed by atoms with Crippen molar-refractivity contribution in [3.05, 3.63) is 0 Å². The van der Waals surface area contributed by atoms with E-state index in [1.165, 1.54) is 6.42 Å². The fourth-order valence-electron chi connectivity index (χ4n) is 3.22. The molecule has 0 bridgehead atoms. The van der Waals surface area contributed by atoms with E-state index in [1.54, 1.807) is 0 Å². The van der Waals surface area contributed by atoms with Crippen LogP contribution in [0.15, 0.2) is 0 Å². The van der Waals surface area contributed by atoms with Gasteiger partial charge in [0.15, 0.2) is 0 Å². The van der Waals surface area contributed by atoms with Crippen molar-refractivity contribution in [2.45, 2.75) is 90.2 Å². The number of nitrogens with one attached hydrogen (secondary N) is 1. The van der Waals surface area contributed by atoms with Gasteiger partial charge in [0, 0.05) is 22.5 Å². The molecule has 1 saturated heterocycles. The highest BCUT2D eigenvalue weighted by molar-refractivity contribution is 8.00. The van der Waals surface area contributed by atoms with Crippen LogP contribution in [0.1, 0.15) is 68.2 Å². The van der Waals surface area contributed by atoms with E-state index in [0.29, 0.717) is 16.7 Å². The van der Waals surface area contributed by atoms with Crippen LogP contribution in [0.4, 0.5) is 0 Å². The first-order valence-electron chi connectivity index (χ1n) is 8.04. The minimum absolute atomic E-state index is 0.00666. The van der Waals surface area contributed by atoms with Gasteiger partial charge in [-0.2, -0.15) is 11.8 Å². The minimum atomic E-state index is -0.0344. The third-order valence-electron chi connectivity index (χ3n) is 3.98. The zero-order valence-electron chi connectivity index (χ0n) is 14.8. The first kappa shape index (κ1) is 18.3. The van der Waals surface area contributed by atoms with Gasteiger partial charge < -0.3 is 10.1 Å². The van der Waals surface area contributed by atoms with Gasteiger partial charge in [0.05, 0.1) is 11.2 Å². The van der Waals surface area contributed by atoms with Crippen LogP contribution in [0.3, 0.4) is 0 Å². The Hall–Kier alpha value is 0.270. The lowest BCUT2D eigenvalue weighted by Gasteiger charge is -2.35. The Morgan fingerprint density at radius 3 is 2.25 bits per heavy atom. The number of hydrogen-bond donors (Lipinski definition) is 1. The molecule has 0 aliphatic carbocycles. The third kappa shape index (κ3) is 5.57. The number of thioether (sulfide) groups is 1. The van der Waals surface area contributed by atoms with Gasteiger partial charge in [-0.25, -0.2) is 0 Å². The normalized spacial score (nSPS) is 26.7. The topological polar surface area (TPSA) is 21.3 Å². The summed E-state index contributed by atoms with van der Waals surface area (Å²) in [6, 6.07) is 0.538. The summed E-state index contributed by atoms with van der Waals surface area (Å²) in [5, 5.41) is 3.78. The second-order valence-electron chi connectivity index (χ2n) is 8.26. The van der Waals surface area contributed by atoms with Gasteiger partial charge in [0.25, 0.3) is 0 Å². The summed E-state index contributed by atoms with van der Waals surface area (Å²) in [4.78, 5) is 0. The van der Waals surface area contributed by atoms with Crippen molar-refractivity contribution in [3.63, 3.8) is 0 Å². The average Bonchev–Trinajstić information content (AvgIpc) is 2.45. The molecule has 20 heavy (non-hydrogen) atoms. The van der Waals surface area contributed by atoms with Gasteiger partial charge in [-0.15, -0.1) is 0 Å². The maximum absolute atomic E-state index is 6.29. The van der Waals surface area contributed by atoms with Crippen LogP contribution in [-0.2, 0) is 4.74 Å². The fourth-order valence-corrected chi connectivity index (χ4v) is 4.25. The Morgan fingerprint density at radius 1 is 1.25 bits per heavy atom. The molecule has 1 fully saturated rings. The molecular weight excluding hydrogens is 266 g/mol. The summed E-state index contributed by atoms with van der Waals surface area (Å²) in [7, 11) is 0. The molecule has 0 spiro atoms. The molecule has 0 radical (unpaired) electrons. The van der Waals surface area contributed by atoms with Crippen molar-refractivity contribution in [1.29, 1.82) is 0 Å². The van der Waals surface area contributed by atoms with Crippen LogP contribution in [-0.4, -0.2) is 34.3 Å². The number of ether oxygens (including phenoxy) is 1. The van der Waals surface area contributed by atoms with Gasteiger partial charge in [0.2, 0.25) is 0 Å². The van der Waals surface area contributed by atoms with E-state index in [2.05, 4.69) is 72.5 Å². The lowest BCUT2D eigenvalue weighted by Crippen LogP contribution is -2.46. The summed E-state index contributed by atoms with van der Waals surface area (Å²) >= 11 is 2.06. The van der Waals surface area contributed by atoms with E-state index in [4.69, 9.17) is 4.74 Å². The van der Waals surface area contributed by atoms with Gasteiger partial charge in [-0.05, 0) is 47.1 Å². The van der Waals surface area contributed by atoms with Gasteiger partial charge >= 0.3 is 0 Å². The number of hydrogen-bond acceptors (Lipinski definition) is 3. The van der Waals surface area contributed by atoms with Crippen molar-refractivity contribution >= 4 is 11.8 Å². The maximum atomic E-state index is 6.29. The minimum Gasteiger partial charge on any atom is -0.369 e. The van der Waals surface area contributed by atoms with E-state index >= 15 is 0 Å². The van der Waals surface area contributed by atoms with Crippen molar-refractivity contribution in [2.24, 2.45) is 5.92 Å². The molecule has 0 aromatic rings. The quantitative estimate of drug-likeness (QED) is 0.781. The zero-order valence-corrected chi connectivity index (χ0v) is 15.6. The molecule has 1 rings (SSSR count). The third-order valence-corrected chi connectivity index (χ3v) is 5.37. The molecule has 0 aromatic carbocycles. The maximum Gasteiger partial charge on any atom is 0.0678 e. The molecule has 1 heterocycles. The molecule has 1 aliphatic rings. The Balaban J connectivity index is 2.76. The predicted octanol–water partition coefficient (Wildman–Crippen LogP) is 4.48. The van der Waals surface area contributed by atoms with Crippen LogP contribution in [0, 0.1) is 5.92 Å². The fraction of sp³-hybridized carbons (Fsp3) is 1.00. The lowest BCUT2D eigenvalue weighted by molar-refractivity contribution is -0.0769. The van der Waals surface area contributed by atoms with Gasteiger partial charge in [-0.1, -0.05) is 27.7 Å². The smallest absolute Gasteiger partial charge is 0.0678 e. The van der Waals surface area contributed by atoms with Gasteiger partial charge in [0.1, 0.15) is 0 Å². The molecule has 0 amide bonds. The first-order valence-corrected chi connectivity index (χ1v) is 9.03. The first-order chi connectivity index (χ1) is 8.97. The summed E-state index contributed by atoms with van der Waals surface area (Å²) in [5.41, 5.74) is -0.0277. The van der Waals surface area contributed by atoms with E-state index in [9.17, 15) is 0 Å². The highest BCUT2D eigenvalue weighted by Crippen LogP contribution is 2.44. The Labute approximate surface area is 130 Å². The molecular formula is C17H35NOS. The summed E-state index contributed by atoms with van der Waals surface area (Å²) < 4.78 is 6.62. The van der Waals surface area contributed by atoms with Crippen LogP contribution in [0.25, 0.3) is 0 Å². The second-order valence-corrected chi connectivity index (χ2v) is 10.1. The van der Waals surface area contributed by atoms with Crippen molar-refractivity contribution < 1.29 is 4.74 Å². The molecule has 2 unspecified atom stereocenters. The van der Waals surface area contributed by atoms with E-state index < -0.39 is 0 Å². The van der Waals surface area contributed by atoms with Crippen molar-refractivity contribution in [3.8, 4) is 0 Å². The molecule has 1 aliphatic heterocycles. The van der Waals surface area contributed by atoms with Crippen LogP contribution < -0.4 is 5.32 Å². The predicted molar refractivity (Wildman–Crippen MR) is 91.6 cm³/mol. The Bertz CT molecular complexity index is 307. The summed E-state index contributed by atoms with van der Waals surface area (Å²) in [5.74, 6) is 1.75. The second kappa shape index (κ2) is 6.58. The monoisotopic (exact) mass is 301 g/mol. The average molecular weight is 302 g/mol. The Morgan fingerprint density at radius 2 is 1.85 bits per heavy atom. The van der Waals surface area contributed by atoms with Gasteiger partial charge in [-0.3, -0.25) is 0 Å². The largest absolute Gasteiger partial charge is 0.369 e. The SMILES string of the molecule is CCCNC(CSC(C)(C)C)C1CC(C)(C)OC1(C)C. The van der Waals surface area contributed by atoms with E-state index in [1.807, 2.05) is 0 Å². The molecule has 120 valence electrons. The molecule has 3 heteroatoms. The highest BCUT2D eigenvalue weighted by atomic mass is 32.2. The van der Waals surface area contributed by atoms with Crippen molar-refractivity contribution in [2.75, 3.05) is 12.3 Å². The highest BCUT2D eigenvalue weighted by Gasteiger charge is 2.48. The standard InChI is InChI=1S/C17H35NOS/c1-9-10-18-14(12-20-15(2,3)4)13-11-16(5,6)19-17(13,7)8/h13-14,18H,9-12H2,1-8H3. The van der Waals surface area contributed by atoms with Crippen LogP contribution in [0.5, 0.6) is 0 Å². The molecule has 0 saturated carbocycles. The Kier molecular flexibility index (Phi) is 6.03.